The highest BCUT2D eigenvalue weighted by Crippen LogP contribution is 2.19. The van der Waals surface area contributed by atoms with Crippen molar-refractivity contribution in [3.63, 3.8) is 0 Å². The van der Waals surface area contributed by atoms with Gasteiger partial charge in [0.05, 0.1) is 6.42 Å². The molecular formula is C17H28N4O5. The van der Waals surface area contributed by atoms with Gasteiger partial charge >= 0.3 is 11.7 Å². The van der Waals surface area contributed by atoms with Crippen LogP contribution in [0.2, 0.25) is 0 Å². The van der Waals surface area contributed by atoms with Gasteiger partial charge in [0.1, 0.15) is 5.82 Å². The standard InChI is InChI=1S/C17H28N4O5/c1-3-5-7-11-20(12(22)8-9-13(23)24)14-15(18)21(10-6-4-2)17(26)19-16(14)25/h3-11,18H2,1-2H3,(H,23,24)(H,19,25,26). The first-order valence-electron chi connectivity index (χ1n) is 8.98. The van der Waals surface area contributed by atoms with Gasteiger partial charge in [-0.15, -0.1) is 0 Å². The van der Waals surface area contributed by atoms with Crippen molar-refractivity contribution >= 4 is 23.4 Å². The lowest BCUT2D eigenvalue weighted by molar-refractivity contribution is -0.138. The molecule has 9 nitrogen and oxygen atoms in total. The summed E-state index contributed by atoms with van der Waals surface area (Å²) in [5.41, 5.74) is 4.63. The van der Waals surface area contributed by atoms with Crippen LogP contribution >= 0.6 is 0 Å². The van der Waals surface area contributed by atoms with E-state index in [0.717, 1.165) is 19.3 Å². The van der Waals surface area contributed by atoms with Crippen LogP contribution in [0.3, 0.4) is 0 Å². The zero-order valence-electron chi connectivity index (χ0n) is 15.4. The van der Waals surface area contributed by atoms with Crippen LogP contribution in [0.15, 0.2) is 9.59 Å². The number of aliphatic carboxylic acids is 1. The second-order valence-corrected chi connectivity index (χ2v) is 6.14. The third-order valence-corrected chi connectivity index (χ3v) is 4.06. The van der Waals surface area contributed by atoms with Gasteiger partial charge in [0.25, 0.3) is 5.56 Å². The smallest absolute Gasteiger partial charge is 0.330 e. The number of hydrogen-bond donors (Lipinski definition) is 3. The Hall–Kier alpha value is -2.58. The number of unbranched alkanes of at least 4 members (excludes halogenated alkanes) is 3. The van der Waals surface area contributed by atoms with Gasteiger partial charge in [0.15, 0.2) is 5.69 Å². The molecule has 1 aromatic rings. The van der Waals surface area contributed by atoms with E-state index in [4.69, 9.17) is 10.8 Å². The van der Waals surface area contributed by atoms with Gasteiger partial charge in [0, 0.05) is 19.5 Å². The molecule has 9 heteroatoms. The summed E-state index contributed by atoms with van der Waals surface area (Å²) in [6.07, 6.45) is 3.35. The Morgan fingerprint density at radius 1 is 1.12 bits per heavy atom. The number of aromatic amines is 1. The number of carbonyl (C=O) groups excluding carboxylic acids is 1. The number of amides is 1. The summed E-state index contributed by atoms with van der Waals surface area (Å²) in [6.45, 7) is 4.53. The summed E-state index contributed by atoms with van der Waals surface area (Å²) in [5.74, 6) is -1.66. The number of H-pyrrole nitrogens is 1. The molecule has 0 radical (unpaired) electrons. The van der Waals surface area contributed by atoms with Crippen LogP contribution in [0.25, 0.3) is 0 Å². The Morgan fingerprint density at radius 3 is 2.35 bits per heavy atom. The topological polar surface area (TPSA) is 138 Å². The fourth-order valence-electron chi connectivity index (χ4n) is 2.61. The first-order valence-corrected chi connectivity index (χ1v) is 8.98. The fourth-order valence-corrected chi connectivity index (χ4v) is 2.61. The molecule has 1 rings (SSSR count). The van der Waals surface area contributed by atoms with Crippen molar-refractivity contribution in [1.82, 2.24) is 9.55 Å². The largest absolute Gasteiger partial charge is 0.481 e. The van der Waals surface area contributed by atoms with Crippen molar-refractivity contribution in [1.29, 1.82) is 0 Å². The maximum absolute atomic E-state index is 12.5. The molecule has 1 heterocycles. The number of carboxylic acid groups (broad SMARTS) is 1. The first-order chi connectivity index (χ1) is 12.3. The summed E-state index contributed by atoms with van der Waals surface area (Å²) < 4.78 is 1.25. The number of nitrogens with one attached hydrogen (secondary N) is 1. The average molecular weight is 368 g/mol. The number of carboxylic acids is 1. The Balaban J connectivity index is 3.30. The molecule has 0 aromatic carbocycles. The highest BCUT2D eigenvalue weighted by atomic mass is 16.4. The lowest BCUT2D eigenvalue weighted by atomic mass is 10.2. The summed E-state index contributed by atoms with van der Waals surface area (Å²) in [6, 6.07) is 0. The van der Waals surface area contributed by atoms with Crippen LogP contribution < -0.4 is 21.9 Å². The summed E-state index contributed by atoms with van der Waals surface area (Å²) in [7, 11) is 0. The number of nitrogen functional groups attached to an aromatic ring is 1. The quantitative estimate of drug-likeness (QED) is 0.503. The molecule has 26 heavy (non-hydrogen) atoms. The number of rotatable bonds is 11. The van der Waals surface area contributed by atoms with Crippen LogP contribution in [0, 0.1) is 0 Å². The second-order valence-electron chi connectivity index (χ2n) is 6.14. The number of nitrogens with zero attached hydrogens (tertiary/aromatic N) is 2. The van der Waals surface area contributed by atoms with E-state index in [2.05, 4.69) is 4.98 Å². The molecule has 0 aliphatic heterocycles. The molecule has 0 saturated carbocycles. The Labute approximate surface area is 151 Å². The van der Waals surface area contributed by atoms with Crippen LogP contribution in [0.5, 0.6) is 0 Å². The van der Waals surface area contributed by atoms with E-state index in [1.54, 1.807) is 0 Å². The lowest BCUT2D eigenvalue weighted by Crippen LogP contribution is -2.41. The second kappa shape index (κ2) is 10.4. The van der Waals surface area contributed by atoms with E-state index < -0.39 is 23.1 Å². The molecule has 0 atom stereocenters. The molecule has 1 amide bonds. The van der Waals surface area contributed by atoms with E-state index in [1.165, 1.54) is 9.47 Å². The van der Waals surface area contributed by atoms with E-state index in [9.17, 15) is 19.2 Å². The average Bonchev–Trinajstić information content (AvgIpc) is 2.58. The highest BCUT2D eigenvalue weighted by Gasteiger charge is 2.24. The molecule has 0 saturated heterocycles. The van der Waals surface area contributed by atoms with Crippen LogP contribution in [-0.4, -0.2) is 33.1 Å². The monoisotopic (exact) mass is 368 g/mol. The van der Waals surface area contributed by atoms with Crippen molar-refractivity contribution in [2.24, 2.45) is 0 Å². The molecule has 1 aromatic heterocycles. The van der Waals surface area contributed by atoms with Crippen molar-refractivity contribution in [3.8, 4) is 0 Å². The van der Waals surface area contributed by atoms with E-state index in [0.29, 0.717) is 19.4 Å². The number of anilines is 2. The fraction of sp³-hybridized carbons (Fsp3) is 0.647. The minimum absolute atomic E-state index is 0.0626. The normalized spacial score (nSPS) is 10.7. The van der Waals surface area contributed by atoms with Gasteiger partial charge in [-0.05, 0) is 12.8 Å². The lowest BCUT2D eigenvalue weighted by Gasteiger charge is -2.24. The Kier molecular flexibility index (Phi) is 8.60. The summed E-state index contributed by atoms with van der Waals surface area (Å²) >= 11 is 0. The third kappa shape index (κ3) is 5.75. The maximum atomic E-state index is 12.5. The van der Waals surface area contributed by atoms with Gasteiger partial charge in [-0.1, -0.05) is 33.1 Å². The number of carbonyl (C=O) groups is 2. The summed E-state index contributed by atoms with van der Waals surface area (Å²) in [4.78, 5) is 51.1. The van der Waals surface area contributed by atoms with Gasteiger partial charge in [-0.2, -0.15) is 0 Å². The van der Waals surface area contributed by atoms with Crippen molar-refractivity contribution < 1.29 is 14.7 Å². The Bertz CT molecular complexity index is 738. The number of hydrogen-bond acceptors (Lipinski definition) is 5. The zero-order chi connectivity index (χ0) is 19.7. The highest BCUT2D eigenvalue weighted by molar-refractivity contribution is 5.96. The molecule has 4 N–H and O–H groups in total. The molecular weight excluding hydrogens is 340 g/mol. The van der Waals surface area contributed by atoms with Crippen LogP contribution in [0.4, 0.5) is 11.5 Å². The third-order valence-electron chi connectivity index (χ3n) is 4.06. The molecule has 0 fully saturated rings. The Morgan fingerprint density at radius 2 is 1.77 bits per heavy atom. The molecule has 0 aliphatic carbocycles. The molecule has 0 unspecified atom stereocenters. The molecule has 0 aliphatic rings. The van der Waals surface area contributed by atoms with Crippen LogP contribution in [0.1, 0.15) is 58.8 Å². The van der Waals surface area contributed by atoms with Crippen LogP contribution in [-0.2, 0) is 16.1 Å². The predicted octanol–water partition coefficient (Wildman–Crippen LogP) is 1.31. The van der Waals surface area contributed by atoms with Gasteiger partial charge in [0.2, 0.25) is 5.91 Å². The molecule has 0 spiro atoms. The summed E-state index contributed by atoms with van der Waals surface area (Å²) in [5, 5.41) is 8.81. The zero-order valence-corrected chi connectivity index (χ0v) is 15.4. The molecule has 0 bridgehead atoms. The maximum Gasteiger partial charge on any atom is 0.330 e. The van der Waals surface area contributed by atoms with Gasteiger partial charge in [-0.3, -0.25) is 23.9 Å². The van der Waals surface area contributed by atoms with Crippen molar-refractivity contribution in [2.75, 3.05) is 17.2 Å². The number of aromatic nitrogens is 2. The van der Waals surface area contributed by atoms with Crippen molar-refractivity contribution in [2.45, 2.75) is 65.3 Å². The number of nitrogens with two attached hydrogens (primary N) is 1. The van der Waals surface area contributed by atoms with Crippen molar-refractivity contribution in [3.05, 3.63) is 20.8 Å². The van der Waals surface area contributed by atoms with Gasteiger partial charge in [-0.25, -0.2) is 4.79 Å². The van der Waals surface area contributed by atoms with E-state index >= 15 is 0 Å². The predicted molar refractivity (Wildman–Crippen MR) is 99.4 cm³/mol. The van der Waals surface area contributed by atoms with Gasteiger partial charge < -0.3 is 15.7 Å². The first kappa shape index (κ1) is 21.5. The minimum atomic E-state index is -1.10. The SMILES string of the molecule is CCCCCN(C(=O)CCC(=O)O)c1c(N)n(CCCC)c(=O)[nH]c1=O. The minimum Gasteiger partial charge on any atom is -0.481 e. The van der Waals surface area contributed by atoms with E-state index in [1.807, 2.05) is 13.8 Å². The van der Waals surface area contributed by atoms with E-state index in [-0.39, 0.29) is 30.9 Å². The molecule has 146 valence electrons.